The summed E-state index contributed by atoms with van der Waals surface area (Å²) in [5.74, 6) is -0.152. The Morgan fingerprint density at radius 1 is 1.62 bits per heavy atom. The van der Waals surface area contributed by atoms with Crippen molar-refractivity contribution in [1.82, 2.24) is 0 Å². The highest BCUT2D eigenvalue weighted by molar-refractivity contribution is 9.10. The molecule has 0 aliphatic rings. The molecule has 1 unspecified atom stereocenters. The molecular formula is C9H9BrClNO. The Morgan fingerprint density at radius 3 is 2.77 bits per heavy atom. The van der Waals surface area contributed by atoms with E-state index < -0.39 is 5.38 Å². The molecule has 0 spiro atoms. The van der Waals surface area contributed by atoms with E-state index in [1.54, 1.807) is 25.1 Å². The second-order valence-electron chi connectivity index (χ2n) is 2.68. The second kappa shape index (κ2) is 4.11. The molecule has 4 heteroatoms. The minimum atomic E-state index is -0.545. The van der Waals surface area contributed by atoms with Crippen LogP contribution in [0.25, 0.3) is 0 Å². The molecule has 2 nitrogen and oxygen atoms in total. The minimum absolute atomic E-state index is 0.152. The van der Waals surface area contributed by atoms with Crippen LogP contribution >= 0.6 is 27.5 Å². The largest absolute Gasteiger partial charge is 0.397 e. The van der Waals surface area contributed by atoms with E-state index in [0.29, 0.717) is 11.3 Å². The van der Waals surface area contributed by atoms with Gasteiger partial charge < -0.3 is 5.73 Å². The van der Waals surface area contributed by atoms with Crippen LogP contribution in [0.2, 0.25) is 0 Å². The summed E-state index contributed by atoms with van der Waals surface area (Å²) in [4.78, 5) is 11.5. The predicted octanol–water partition coefficient (Wildman–Crippen LogP) is 2.84. The molecule has 0 aliphatic heterocycles. The molecule has 0 heterocycles. The Balaban J connectivity index is 3.15. The van der Waals surface area contributed by atoms with E-state index in [0.717, 1.165) is 4.47 Å². The summed E-state index contributed by atoms with van der Waals surface area (Å²) in [7, 11) is 0. The standard InChI is InChI=1S/C9H9BrClNO/c1-5(11)9(13)6-3-2-4-7(10)8(6)12/h2-5H,12H2,1H3. The Hall–Kier alpha value is -0.540. The molecule has 1 atom stereocenters. The van der Waals surface area contributed by atoms with Crippen molar-refractivity contribution in [3.05, 3.63) is 28.2 Å². The molecular weight excluding hydrogens is 253 g/mol. The average molecular weight is 263 g/mol. The van der Waals surface area contributed by atoms with Crippen molar-refractivity contribution in [2.75, 3.05) is 5.73 Å². The van der Waals surface area contributed by atoms with Gasteiger partial charge in [0.25, 0.3) is 0 Å². The molecule has 70 valence electrons. The highest BCUT2D eigenvalue weighted by Crippen LogP contribution is 2.24. The topological polar surface area (TPSA) is 43.1 Å². The number of halogens is 2. The van der Waals surface area contributed by atoms with E-state index in [4.69, 9.17) is 17.3 Å². The Bertz CT molecular complexity index is 338. The van der Waals surface area contributed by atoms with Crippen LogP contribution in [0.15, 0.2) is 22.7 Å². The number of alkyl halides is 1. The maximum atomic E-state index is 11.5. The number of carbonyl (C=O) groups is 1. The zero-order valence-electron chi connectivity index (χ0n) is 7.05. The summed E-state index contributed by atoms with van der Waals surface area (Å²) >= 11 is 8.91. The third-order valence-electron chi connectivity index (χ3n) is 1.68. The first-order valence-electron chi connectivity index (χ1n) is 3.76. The molecule has 0 radical (unpaired) electrons. The summed E-state index contributed by atoms with van der Waals surface area (Å²) in [6.07, 6.45) is 0. The Morgan fingerprint density at radius 2 is 2.23 bits per heavy atom. The van der Waals surface area contributed by atoms with Crippen LogP contribution in [-0.2, 0) is 0 Å². The molecule has 2 N–H and O–H groups in total. The van der Waals surface area contributed by atoms with Crippen molar-refractivity contribution < 1.29 is 4.79 Å². The van der Waals surface area contributed by atoms with Crippen LogP contribution in [0.3, 0.4) is 0 Å². The van der Waals surface area contributed by atoms with Gasteiger partial charge in [0.2, 0.25) is 0 Å². The number of Topliss-reactive ketones (excluding diaryl/α,β-unsaturated/α-hetero) is 1. The molecule has 0 amide bonds. The summed E-state index contributed by atoms with van der Waals surface area (Å²) in [6, 6.07) is 5.21. The fourth-order valence-corrected chi connectivity index (χ4v) is 1.45. The average Bonchev–Trinajstić information content (AvgIpc) is 2.08. The highest BCUT2D eigenvalue weighted by Gasteiger charge is 2.15. The molecule has 0 aromatic heterocycles. The monoisotopic (exact) mass is 261 g/mol. The summed E-state index contributed by atoms with van der Waals surface area (Å²) < 4.78 is 0.718. The van der Waals surface area contributed by atoms with Gasteiger partial charge in [0.05, 0.1) is 11.1 Å². The molecule has 1 rings (SSSR count). The van der Waals surface area contributed by atoms with Gasteiger partial charge in [-0.1, -0.05) is 6.07 Å². The third kappa shape index (κ3) is 2.23. The van der Waals surface area contributed by atoms with Crippen molar-refractivity contribution in [3.63, 3.8) is 0 Å². The van der Waals surface area contributed by atoms with Crippen LogP contribution in [0.5, 0.6) is 0 Å². The van der Waals surface area contributed by atoms with E-state index >= 15 is 0 Å². The predicted molar refractivity (Wildman–Crippen MR) is 58.2 cm³/mol. The molecule has 1 aromatic carbocycles. The number of rotatable bonds is 2. The van der Waals surface area contributed by atoms with Gasteiger partial charge in [-0.05, 0) is 35.0 Å². The lowest BCUT2D eigenvalue weighted by molar-refractivity contribution is 0.0992. The number of anilines is 1. The van der Waals surface area contributed by atoms with Crippen molar-refractivity contribution >= 4 is 39.0 Å². The quantitative estimate of drug-likeness (QED) is 0.506. The Labute approximate surface area is 90.2 Å². The fourth-order valence-electron chi connectivity index (χ4n) is 0.966. The van der Waals surface area contributed by atoms with Gasteiger partial charge in [-0.2, -0.15) is 0 Å². The van der Waals surface area contributed by atoms with Crippen molar-refractivity contribution in [3.8, 4) is 0 Å². The number of benzene rings is 1. The number of hydrogen-bond acceptors (Lipinski definition) is 2. The molecule has 1 aromatic rings. The Kier molecular flexibility index (Phi) is 3.33. The van der Waals surface area contributed by atoms with Crippen molar-refractivity contribution in [2.45, 2.75) is 12.3 Å². The van der Waals surface area contributed by atoms with Crippen molar-refractivity contribution in [1.29, 1.82) is 0 Å². The zero-order chi connectivity index (χ0) is 10.0. The van der Waals surface area contributed by atoms with Gasteiger partial charge in [-0.25, -0.2) is 0 Å². The molecule has 0 saturated heterocycles. The fraction of sp³-hybridized carbons (Fsp3) is 0.222. The van der Waals surface area contributed by atoms with Gasteiger partial charge >= 0.3 is 0 Å². The summed E-state index contributed by atoms with van der Waals surface area (Å²) in [6.45, 7) is 1.63. The number of nitrogens with two attached hydrogens (primary N) is 1. The SMILES string of the molecule is CC(Cl)C(=O)c1cccc(Br)c1N. The van der Waals surface area contributed by atoms with Gasteiger partial charge in [0, 0.05) is 10.0 Å². The van der Waals surface area contributed by atoms with Crippen LogP contribution < -0.4 is 5.73 Å². The first kappa shape index (κ1) is 10.5. The smallest absolute Gasteiger partial charge is 0.182 e. The van der Waals surface area contributed by atoms with E-state index in [9.17, 15) is 4.79 Å². The molecule has 0 aliphatic carbocycles. The van der Waals surface area contributed by atoms with Crippen LogP contribution in [0, 0.1) is 0 Å². The third-order valence-corrected chi connectivity index (χ3v) is 2.57. The van der Waals surface area contributed by atoms with Gasteiger partial charge in [-0.15, -0.1) is 11.6 Å². The van der Waals surface area contributed by atoms with Gasteiger partial charge in [0.1, 0.15) is 0 Å². The van der Waals surface area contributed by atoms with E-state index in [-0.39, 0.29) is 5.78 Å². The van der Waals surface area contributed by atoms with E-state index in [1.165, 1.54) is 0 Å². The molecule has 0 fully saturated rings. The maximum Gasteiger partial charge on any atom is 0.182 e. The first-order chi connectivity index (χ1) is 6.04. The number of carbonyl (C=O) groups excluding carboxylic acids is 1. The molecule has 0 bridgehead atoms. The van der Waals surface area contributed by atoms with Crippen LogP contribution in [-0.4, -0.2) is 11.2 Å². The van der Waals surface area contributed by atoms with Crippen molar-refractivity contribution in [2.24, 2.45) is 0 Å². The summed E-state index contributed by atoms with van der Waals surface area (Å²) in [5.41, 5.74) is 6.61. The van der Waals surface area contributed by atoms with Crippen LogP contribution in [0.4, 0.5) is 5.69 Å². The number of ketones is 1. The lowest BCUT2D eigenvalue weighted by Gasteiger charge is -2.07. The first-order valence-corrected chi connectivity index (χ1v) is 4.99. The molecule has 0 saturated carbocycles. The molecule has 13 heavy (non-hydrogen) atoms. The maximum absolute atomic E-state index is 11.5. The van der Waals surface area contributed by atoms with Gasteiger partial charge in [0.15, 0.2) is 5.78 Å². The highest BCUT2D eigenvalue weighted by atomic mass is 79.9. The number of nitrogen functional groups attached to an aromatic ring is 1. The number of hydrogen-bond donors (Lipinski definition) is 1. The minimum Gasteiger partial charge on any atom is -0.397 e. The number of para-hydroxylation sites is 1. The van der Waals surface area contributed by atoms with Crippen LogP contribution in [0.1, 0.15) is 17.3 Å². The normalized spacial score (nSPS) is 12.5. The van der Waals surface area contributed by atoms with E-state index in [2.05, 4.69) is 15.9 Å². The lowest BCUT2D eigenvalue weighted by Crippen LogP contribution is -2.12. The second-order valence-corrected chi connectivity index (χ2v) is 4.19. The van der Waals surface area contributed by atoms with Gasteiger partial charge in [-0.3, -0.25) is 4.79 Å². The lowest BCUT2D eigenvalue weighted by atomic mass is 10.1. The summed E-state index contributed by atoms with van der Waals surface area (Å²) in [5, 5.41) is -0.545. The van der Waals surface area contributed by atoms with E-state index in [1.807, 2.05) is 0 Å². The zero-order valence-corrected chi connectivity index (χ0v) is 9.39.